The van der Waals surface area contributed by atoms with E-state index in [2.05, 4.69) is 5.32 Å². The Morgan fingerprint density at radius 3 is 2.40 bits per heavy atom. The van der Waals surface area contributed by atoms with Gasteiger partial charge in [0.15, 0.2) is 6.29 Å². The number of aliphatic hydroxyl groups excluding tert-OH is 1. The highest BCUT2D eigenvalue weighted by Crippen LogP contribution is 1.72. The van der Waals surface area contributed by atoms with Crippen molar-refractivity contribution in [3.8, 4) is 0 Å². The van der Waals surface area contributed by atoms with Crippen LogP contribution in [0.1, 0.15) is 6.42 Å². The molecule has 10 heavy (non-hydrogen) atoms. The van der Waals surface area contributed by atoms with Crippen LogP contribution >= 0.6 is 12.4 Å². The number of hydrogen-bond donors (Lipinski definition) is 4. The van der Waals surface area contributed by atoms with Gasteiger partial charge in [-0.3, -0.25) is 0 Å². The number of halogens is 1. The summed E-state index contributed by atoms with van der Waals surface area (Å²) in [6.07, 6.45) is -0.380. The third kappa shape index (κ3) is 11.0. The van der Waals surface area contributed by atoms with Crippen molar-refractivity contribution in [3.63, 3.8) is 0 Å². The molecule has 5 heteroatoms. The van der Waals surface area contributed by atoms with E-state index in [9.17, 15) is 0 Å². The zero-order valence-electron chi connectivity index (χ0n) is 5.79. The fraction of sp³-hybridized carbons (Fsp3) is 1.00. The summed E-state index contributed by atoms with van der Waals surface area (Å²) in [6.45, 7) is 1.60. The first kappa shape index (κ1) is 12.8. The van der Waals surface area contributed by atoms with Crippen molar-refractivity contribution in [1.82, 2.24) is 5.32 Å². The Hall–Kier alpha value is 0.130. The Morgan fingerprint density at radius 2 is 2.00 bits per heavy atom. The molecule has 0 aromatic carbocycles. The van der Waals surface area contributed by atoms with Gasteiger partial charge in [-0.15, -0.1) is 12.4 Å². The number of aliphatic hydroxyl groups is 2. The van der Waals surface area contributed by atoms with E-state index in [0.29, 0.717) is 6.54 Å². The van der Waals surface area contributed by atoms with Gasteiger partial charge >= 0.3 is 0 Å². The van der Waals surface area contributed by atoms with E-state index in [1.165, 1.54) is 0 Å². The molecule has 4 nitrogen and oxygen atoms in total. The standard InChI is InChI=1S/C5H14N2O2.ClH/c6-2-1-3-7-4-5(8)9;/h5,7-9H,1-4,6H2;1H. The van der Waals surface area contributed by atoms with Gasteiger partial charge in [0.05, 0.1) is 0 Å². The Balaban J connectivity index is 0. The average Bonchev–Trinajstić information content (AvgIpc) is 1.80. The van der Waals surface area contributed by atoms with Crippen molar-refractivity contribution in [3.05, 3.63) is 0 Å². The summed E-state index contributed by atoms with van der Waals surface area (Å²) in [6, 6.07) is 0. The largest absolute Gasteiger partial charge is 0.367 e. The van der Waals surface area contributed by atoms with Crippen LogP contribution < -0.4 is 11.1 Å². The summed E-state index contributed by atoms with van der Waals surface area (Å²) < 4.78 is 0. The molecular formula is C5H15ClN2O2. The predicted molar refractivity (Wildman–Crippen MR) is 42.0 cm³/mol. The summed E-state index contributed by atoms with van der Waals surface area (Å²) in [5, 5.41) is 19.4. The Bertz CT molecular complexity index is 63.6. The molecule has 0 fully saturated rings. The van der Waals surface area contributed by atoms with Crippen molar-refractivity contribution in [1.29, 1.82) is 0 Å². The number of nitrogens with one attached hydrogen (secondary N) is 1. The summed E-state index contributed by atoms with van der Waals surface area (Å²) in [5.41, 5.74) is 5.18. The quantitative estimate of drug-likeness (QED) is 0.304. The Labute approximate surface area is 66.8 Å². The Morgan fingerprint density at radius 1 is 1.40 bits per heavy atom. The first-order valence-electron chi connectivity index (χ1n) is 3.04. The fourth-order valence-corrected chi connectivity index (χ4v) is 0.458. The van der Waals surface area contributed by atoms with E-state index in [4.69, 9.17) is 15.9 Å². The smallest absolute Gasteiger partial charge is 0.164 e. The minimum absolute atomic E-state index is 0. The van der Waals surface area contributed by atoms with E-state index in [1.54, 1.807) is 0 Å². The minimum Gasteiger partial charge on any atom is -0.367 e. The van der Waals surface area contributed by atoms with Crippen LogP contribution in [0.15, 0.2) is 0 Å². The van der Waals surface area contributed by atoms with Gasteiger partial charge in [-0.25, -0.2) is 0 Å². The first-order chi connectivity index (χ1) is 4.27. The lowest BCUT2D eigenvalue weighted by molar-refractivity contribution is -0.0370. The maximum atomic E-state index is 8.31. The molecule has 0 spiro atoms. The van der Waals surface area contributed by atoms with Crippen LogP contribution in [0, 0.1) is 0 Å². The number of rotatable bonds is 5. The van der Waals surface area contributed by atoms with Gasteiger partial charge < -0.3 is 21.3 Å². The summed E-state index contributed by atoms with van der Waals surface area (Å²) in [7, 11) is 0. The number of hydrogen-bond acceptors (Lipinski definition) is 4. The van der Waals surface area contributed by atoms with E-state index in [1.807, 2.05) is 0 Å². The van der Waals surface area contributed by atoms with Crippen LogP contribution in [0.25, 0.3) is 0 Å². The van der Waals surface area contributed by atoms with Crippen molar-refractivity contribution in [2.75, 3.05) is 19.6 Å². The fourth-order valence-electron chi connectivity index (χ4n) is 0.458. The second-order valence-electron chi connectivity index (χ2n) is 1.83. The van der Waals surface area contributed by atoms with Gasteiger partial charge in [0.25, 0.3) is 0 Å². The van der Waals surface area contributed by atoms with Gasteiger partial charge in [0, 0.05) is 6.54 Å². The lowest BCUT2D eigenvalue weighted by atomic mass is 10.4. The third-order valence-electron chi connectivity index (χ3n) is 0.885. The van der Waals surface area contributed by atoms with Crippen LogP contribution in [0.5, 0.6) is 0 Å². The third-order valence-corrected chi connectivity index (χ3v) is 0.885. The summed E-state index contributed by atoms with van der Waals surface area (Å²) in [4.78, 5) is 0. The van der Waals surface area contributed by atoms with Crippen molar-refractivity contribution in [2.24, 2.45) is 5.73 Å². The van der Waals surface area contributed by atoms with E-state index in [0.717, 1.165) is 13.0 Å². The van der Waals surface area contributed by atoms with E-state index < -0.39 is 6.29 Å². The molecule has 0 saturated heterocycles. The average molecular weight is 171 g/mol. The molecule has 0 aliphatic rings. The zero-order chi connectivity index (χ0) is 7.11. The van der Waals surface area contributed by atoms with Gasteiger partial charge in [0.1, 0.15) is 0 Å². The van der Waals surface area contributed by atoms with Gasteiger partial charge in [0.2, 0.25) is 0 Å². The molecule has 0 aliphatic carbocycles. The van der Waals surface area contributed by atoms with Crippen molar-refractivity contribution < 1.29 is 10.2 Å². The van der Waals surface area contributed by atoms with Crippen LogP contribution in [0.4, 0.5) is 0 Å². The normalized spacial score (nSPS) is 9.60. The van der Waals surface area contributed by atoms with Crippen LogP contribution in [-0.2, 0) is 0 Å². The summed E-state index contributed by atoms with van der Waals surface area (Å²) >= 11 is 0. The molecule has 0 amide bonds. The maximum absolute atomic E-state index is 8.31. The van der Waals surface area contributed by atoms with E-state index in [-0.39, 0.29) is 19.0 Å². The molecule has 64 valence electrons. The topological polar surface area (TPSA) is 78.5 Å². The first-order valence-corrected chi connectivity index (χ1v) is 3.04. The maximum Gasteiger partial charge on any atom is 0.164 e. The highest BCUT2D eigenvalue weighted by Gasteiger charge is 1.92. The van der Waals surface area contributed by atoms with Crippen LogP contribution in [0.3, 0.4) is 0 Å². The molecule has 0 aliphatic heterocycles. The van der Waals surface area contributed by atoms with Gasteiger partial charge in [-0.05, 0) is 19.5 Å². The molecule has 0 bridgehead atoms. The van der Waals surface area contributed by atoms with Gasteiger partial charge in [-0.1, -0.05) is 0 Å². The lowest BCUT2D eigenvalue weighted by Crippen LogP contribution is -2.28. The van der Waals surface area contributed by atoms with Crippen molar-refractivity contribution in [2.45, 2.75) is 12.7 Å². The molecule has 0 aromatic rings. The summed E-state index contributed by atoms with van der Waals surface area (Å²) in [5.74, 6) is 0. The Kier molecular flexibility index (Phi) is 11.7. The molecule has 0 saturated carbocycles. The van der Waals surface area contributed by atoms with E-state index >= 15 is 0 Å². The van der Waals surface area contributed by atoms with Crippen LogP contribution in [0.2, 0.25) is 0 Å². The molecule has 0 rings (SSSR count). The predicted octanol–water partition coefficient (Wildman–Crippen LogP) is -1.34. The van der Waals surface area contributed by atoms with Crippen LogP contribution in [-0.4, -0.2) is 36.1 Å². The SMILES string of the molecule is Cl.NCCCNCC(O)O. The minimum atomic E-state index is -1.25. The molecule has 0 radical (unpaired) electrons. The molecular weight excluding hydrogens is 156 g/mol. The second kappa shape index (κ2) is 9.13. The lowest BCUT2D eigenvalue weighted by Gasteiger charge is -2.03. The highest BCUT2D eigenvalue weighted by molar-refractivity contribution is 5.85. The number of nitrogens with two attached hydrogens (primary N) is 1. The molecule has 0 atom stereocenters. The van der Waals surface area contributed by atoms with Gasteiger partial charge in [-0.2, -0.15) is 0 Å². The molecule has 0 heterocycles. The molecule has 5 N–H and O–H groups in total. The second-order valence-corrected chi connectivity index (χ2v) is 1.83. The monoisotopic (exact) mass is 170 g/mol. The zero-order valence-corrected chi connectivity index (χ0v) is 6.60. The molecule has 0 aromatic heterocycles. The highest BCUT2D eigenvalue weighted by atomic mass is 35.5. The molecule has 0 unspecified atom stereocenters. The van der Waals surface area contributed by atoms with Crippen molar-refractivity contribution >= 4 is 12.4 Å².